The first-order chi connectivity index (χ1) is 7.76. The Morgan fingerprint density at radius 1 is 1.44 bits per heavy atom. The summed E-state index contributed by atoms with van der Waals surface area (Å²) >= 11 is 0. The van der Waals surface area contributed by atoms with Gasteiger partial charge >= 0.3 is 0 Å². The van der Waals surface area contributed by atoms with E-state index in [1.54, 1.807) is 18.0 Å². The molecule has 0 atom stereocenters. The predicted molar refractivity (Wildman–Crippen MR) is 62.4 cm³/mol. The van der Waals surface area contributed by atoms with Gasteiger partial charge in [0.1, 0.15) is 11.6 Å². The number of nitrogens with two attached hydrogens (primary N) is 2. The molecule has 0 amide bonds. The van der Waals surface area contributed by atoms with Gasteiger partial charge in [0.25, 0.3) is 0 Å². The minimum Gasteiger partial charge on any atom is -0.497 e. The van der Waals surface area contributed by atoms with Crippen molar-refractivity contribution in [1.82, 2.24) is 9.78 Å². The minimum atomic E-state index is 0.385. The van der Waals surface area contributed by atoms with Gasteiger partial charge in [-0.25, -0.2) is 4.68 Å². The van der Waals surface area contributed by atoms with Crippen molar-refractivity contribution < 1.29 is 4.74 Å². The number of rotatable bonds is 3. The molecule has 84 valence electrons. The second kappa shape index (κ2) is 4.24. The van der Waals surface area contributed by atoms with Gasteiger partial charge in [0.05, 0.1) is 19.0 Å². The van der Waals surface area contributed by atoms with Crippen molar-refractivity contribution in [1.29, 1.82) is 0 Å². The highest BCUT2D eigenvalue weighted by molar-refractivity contribution is 5.48. The molecule has 0 aliphatic heterocycles. The molecule has 1 aromatic carbocycles. The Kier molecular flexibility index (Phi) is 2.78. The predicted octanol–water partition coefficient (Wildman–Crippen LogP) is 0.922. The van der Waals surface area contributed by atoms with E-state index < -0.39 is 0 Å². The molecular weight excluding hydrogens is 204 g/mol. The fourth-order valence-corrected chi connectivity index (χ4v) is 1.50. The molecule has 0 aliphatic carbocycles. The first-order valence-electron chi connectivity index (χ1n) is 4.93. The molecule has 5 heteroatoms. The zero-order valence-corrected chi connectivity index (χ0v) is 9.05. The lowest BCUT2D eigenvalue weighted by Gasteiger charge is -2.06. The molecule has 4 N–H and O–H groups in total. The van der Waals surface area contributed by atoms with Gasteiger partial charge in [0.2, 0.25) is 0 Å². The number of hydrogen-bond acceptors (Lipinski definition) is 4. The lowest BCUT2D eigenvalue weighted by Crippen LogP contribution is -2.05. The number of anilines is 1. The maximum absolute atomic E-state index is 5.92. The van der Waals surface area contributed by atoms with Crippen molar-refractivity contribution in [2.75, 3.05) is 12.8 Å². The molecule has 2 rings (SSSR count). The second-order valence-electron chi connectivity index (χ2n) is 3.37. The standard InChI is InChI=1S/C11H14N4O/c1-16-10-4-2-3-9(5-10)15-11(13)8(6-12)7-14-15/h2-5,7H,6,12-13H2,1H3. The number of benzene rings is 1. The van der Waals surface area contributed by atoms with Crippen LogP contribution in [0.3, 0.4) is 0 Å². The molecule has 0 aliphatic rings. The molecule has 0 spiro atoms. The van der Waals surface area contributed by atoms with Crippen LogP contribution >= 0.6 is 0 Å². The smallest absolute Gasteiger partial charge is 0.131 e. The topological polar surface area (TPSA) is 79.1 Å². The highest BCUT2D eigenvalue weighted by Gasteiger charge is 2.07. The van der Waals surface area contributed by atoms with Crippen LogP contribution in [0.5, 0.6) is 5.75 Å². The third-order valence-corrected chi connectivity index (χ3v) is 2.40. The summed E-state index contributed by atoms with van der Waals surface area (Å²) in [5, 5.41) is 4.19. The lowest BCUT2D eigenvalue weighted by atomic mass is 10.3. The maximum atomic E-state index is 5.92. The molecule has 2 aromatic rings. The summed E-state index contributed by atoms with van der Waals surface area (Å²) in [5.74, 6) is 1.33. The zero-order valence-electron chi connectivity index (χ0n) is 9.05. The van der Waals surface area contributed by atoms with Crippen LogP contribution in [-0.2, 0) is 6.54 Å². The first-order valence-corrected chi connectivity index (χ1v) is 4.93. The van der Waals surface area contributed by atoms with Gasteiger partial charge in [-0.05, 0) is 12.1 Å². The number of hydrogen-bond donors (Lipinski definition) is 2. The molecule has 0 fully saturated rings. The average molecular weight is 218 g/mol. The maximum Gasteiger partial charge on any atom is 0.131 e. The van der Waals surface area contributed by atoms with E-state index >= 15 is 0 Å². The highest BCUT2D eigenvalue weighted by Crippen LogP contribution is 2.20. The van der Waals surface area contributed by atoms with Gasteiger partial charge in [-0.3, -0.25) is 0 Å². The van der Waals surface area contributed by atoms with Crippen molar-refractivity contribution >= 4 is 5.82 Å². The van der Waals surface area contributed by atoms with Gasteiger partial charge in [-0.15, -0.1) is 0 Å². The third kappa shape index (κ3) is 1.72. The van der Waals surface area contributed by atoms with E-state index in [-0.39, 0.29) is 0 Å². The molecule has 0 saturated heterocycles. The summed E-state index contributed by atoms with van der Waals surface area (Å²) in [6, 6.07) is 7.53. The number of nitrogen functional groups attached to an aromatic ring is 1. The monoisotopic (exact) mass is 218 g/mol. The summed E-state index contributed by atoms with van der Waals surface area (Å²) in [6.45, 7) is 0.385. The average Bonchev–Trinajstić information content (AvgIpc) is 2.70. The third-order valence-electron chi connectivity index (χ3n) is 2.40. The van der Waals surface area contributed by atoms with Crippen molar-refractivity contribution in [3.05, 3.63) is 36.0 Å². The molecule has 16 heavy (non-hydrogen) atoms. The highest BCUT2D eigenvalue weighted by atomic mass is 16.5. The summed E-state index contributed by atoms with van der Waals surface area (Å²) in [6.07, 6.45) is 1.68. The lowest BCUT2D eigenvalue weighted by molar-refractivity contribution is 0.414. The van der Waals surface area contributed by atoms with Crippen LogP contribution in [0.25, 0.3) is 5.69 Å². The van der Waals surface area contributed by atoms with E-state index in [4.69, 9.17) is 16.2 Å². The number of ether oxygens (including phenoxy) is 1. The van der Waals surface area contributed by atoms with Crippen LogP contribution < -0.4 is 16.2 Å². The van der Waals surface area contributed by atoms with Crippen LogP contribution in [-0.4, -0.2) is 16.9 Å². The summed E-state index contributed by atoms with van der Waals surface area (Å²) in [7, 11) is 1.62. The van der Waals surface area contributed by atoms with Gasteiger partial charge in [-0.1, -0.05) is 6.07 Å². The van der Waals surface area contributed by atoms with Crippen LogP contribution in [0.15, 0.2) is 30.5 Å². The Hall–Kier alpha value is -2.01. The summed E-state index contributed by atoms with van der Waals surface area (Å²) in [5.41, 5.74) is 13.2. The molecule has 0 saturated carbocycles. The summed E-state index contributed by atoms with van der Waals surface area (Å²) in [4.78, 5) is 0. The van der Waals surface area contributed by atoms with Crippen LogP contribution in [0.1, 0.15) is 5.56 Å². The van der Waals surface area contributed by atoms with E-state index in [2.05, 4.69) is 5.10 Å². The molecule has 1 heterocycles. The number of nitrogens with zero attached hydrogens (tertiary/aromatic N) is 2. The van der Waals surface area contributed by atoms with Crippen molar-refractivity contribution in [2.45, 2.75) is 6.54 Å². The number of methoxy groups -OCH3 is 1. The Morgan fingerprint density at radius 2 is 2.25 bits per heavy atom. The Bertz CT molecular complexity index is 492. The molecule has 1 aromatic heterocycles. The Labute approximate surface area is 93.6 Å². The fourth-order valence-electron chi connectivity index (χ4n) is 1.50. The van der Waals surface area contributed by atoms with Gasteiger partial charge in [0.15, 0.2) is 0 Å². The van der Waals surface area contributed by atoms with E-state index in [0.717, 1.165) is 17.0 Å². The largest absolute Gasteiger partial charge is 0.497 e. The zero-order chi connectivity index (χ0) is 11.5. The van der Waals surface area contributed by atoms with Crippen LogP contribution in [0.4, 0.5) is 5.82 Å². The molecule has 0 bridgehead atoms. The van der Waals surface area contributed by atoms with Crippen molar-refractivity contribution in [3.63, 3.8) is 0 Å². The van der Waals surface area contributed by atoms with E-state index in [1.807, 2.05) is 24.3 Å². The van der Waals surface area contributed by atoms with Crippen LogP contribution in [0.2, 0.25) is 0 Å². The molecule has 0 radical (unpaired) electrons. The van der Waals surface area contributed by atoms with E-state index in [1.165, 1.54) is 0 Å². The first kappa shape index (κ1) is 10.5. The SMILES string of the molecule is COc1cccc(-n2ncc(CN)c2N)c1. The van der Waals surface area contributed by atoms with E-state index in [9.17, 15) is 0 Å². The Balaban J connectivity index is 2.45. The molecule has 0 unspecified atom stereocenters. The van der Waals surface area contributed by atoms with Crippen molar-refractivity contribution in [3.8, 4) is 11.4 Å². The summed E-state index contributed by atoms with van der Waals surface area (Å²) < 4.78 is 6.79. The Morgan fingerprint density at radius 3 is 2.88 bits per heavy atom. The second-order valence-corrected chi connectivity index (χ2v) is 3.37. The minimum absolute atomic E-state index is 0.385. The number of aromatic nitrogens is 2. The van der Waals surface area contributed by atoms with E-state index in [0.29, 0.717) is 12.4 Å². The van der Waals surface area contributed by atoms with Crippen molar-refractivity contribution in [2.24, 2.45) is 5.73 Å². The fraction of sp³-hybridized carbons (Fsp3) is 0.182. The van der Waals surface area contributed by atoms with Gasteiger partial charge in [-0.2, -0.15) is 5.10 Å². The van der Waals surface area contributed by atoms with Gasteiger partial charge in [0, 0.05) is 18.2 Å². The molecular formula is C11H14N4O. The quantitative estimate of drug-likeness (QED) is 0.803. The normalized spacial score (nSPS) is 10.4. The van der Waals surface area contributed by atoms with Crippen LogP contribution in [0, 0.1) is 0 Å². The van der Waals surface area contributed by atoms with Gasteiger partial charge < -0.3 is 16.2 Å². The molecule has 5 nitrogen and oxygen atoms in total.